The van der Waals surface area contributed by atoms with Crippen molar-refractivity contribution in [3.05, 3.63) is 36.7 Å². The first kappa shape index (κ1) is 7.72. The number of imidazole rings is 1. The SMILES string of the molecule is Nc1cn(-c2ccc(F)cn2)cn1. The van der Waals surface area contributed by atoms with Gasteiger partial charge in [0.25, 0.3) is 0 Å². The number of nitrogens with two attached hydrogens (primary N) is 1. The molecule has 4 nitrogen and oxygen atoms in total. The molecule has 13 heavy (non-hydrogen) atoms. The van der Waals surface area contributed by atoms with Crippen molar-refractivity contribution in [1.82, 2.24) is 14.5 Å². The van der Waals surface area contributed by atoms with E-state index in [1.165, 1.54) is 12.4 Å². The maximum absolute atomic E-state index is 12.5. The lowest BCUT2D eigenvalue weighted by molar-refractivity contribution is 0.620. The Morgan fingerprint density at radius 3 is 2.69 bits per heavy atom. The van der Waals surface area contributed by atoms with Gasteiger partial charge >= 0.3 is 0 Å². The fourth-order valence-electron chi connectivity index (χ4n) is 0.984. The van der Waals surface area contributed by atoms with E-state index in [2.05, 4.69) is 9.97 Å². The van der Waals surface area contributed by atoms with Gasteiger partial charge in [0.1, 0.15) is 23.8 Å². The van der Waals surface area contributed by atoms with Gasteiger partial charge in [-0.05, 0) is 12.1 Å². The van der Waals surface area contributed by atoms with Gasteiger partial charge in [0.05, 0.1) is 12.4 Å². The molecular formula is C8H7FN4. The van der Waals surface area contributed by atoms with Gasteiger partial charge in [-0.3, -0.25) is 4.57 Å². The summed E-state index contributed by atoms with van der Waals surface area (Å²) >= 11 is 0. The minimum atomic E-state index is -0.364. The molecule has 0 saturated carbocycles. The van der Waals surface area contributed by atoms with Crippen molar-refractivity contribution < 1.29 is 4.39 Å². The highest BCUT2D eigenvalue weighted by atomic mass is 19.1. The normalized spacial score (nSPS) is 10.2. The van der Waals surface area contributed by atoms with Crippen LogP contribution in [0.1, 0.15) is 0 Å². The highest BCUT2D eigenvalue weighted by Gasteiger charge is 1.98. The largest absolute Gasteiger partial charge is 0.382 e. The van der Waals surface area contributed by atoms with Crippen LogP contribution in [-0.2, 0) is 0 Å². The van der Waals surface area contributed by atoms with Gasteiger partial charge in [0.15, 0.2) is 0 Å². The number of pyridine rings is 1. The summed E-state index contributed by atoms with van der Waals surface area (Å²) in [7, 11) is 0. The third-order valence-electron chi connectivity index (χ3n) is 1.58. The van der Waals surface area contributed by atoms with Crippen LogP contribution >= 0.6 is 0 Å². The first-order chi connectivity index (χ1) is 6.25. The molecule has 0 aliphatic rings. The molecule has 66 valence electrons. The van der Waals surface area contributed by atoms with Gasteiger partial charge in [-0.1, -0.05) is 0 Å². The lowest BCUT2D eigenvalue weighted by Gasteiger charge is -1.98. The predicted molar refractivity (Wildman–Crippen MR) is 45.7 cm³/mol. The van der Waals surface area contributed by atoms with Gasteiger partial charge in [-0.25, -0.2) is 14.4 Å². The fraction of sp³-hybridized carbons (Fsp3) is 0. The topological polar surface area (TPSA) is 56.7 Å². The van der Waals surface area contributed by atoms with Gasteiger partial charge in [-0.2, -0.15) is 0 Å². The summed E-state index contributed by atoms with van der Waals surface area (Å²) in [5.74, 6) is 0.633. The van der Waals surface area contributed by atoms with Gasteiger partial charge in [-0.15, -0.1) is 0 Å². The fourth-order valence-corrected chi connectivity index (χ4v) is 0.984. The second-order valence-corrected chi connectivity index (χ2v) is 2.54. The van der Waals surface area contributed by atoms with E-state index in [0.29, 0.717) is 11.6 Å². The van der Waals surface area contributed by atoms with Crippen molar-refractivity contribution in [2.24, 2.45) is 0 Å². The van der Waals surface area contributed by atoms with E-state index in [-0.39, 0.29) is 5.82 Å². The lowest BCUT2D eigenvalue weighted by Crippen LogP contribution is -1.93. The van der Waals surface area contributed by atoms with Crippen LogP contribution in [0.25, 0.3) is 5.82 Å². The Hall–Kier alpha value is -1.91. The van der Waals surface area contributed by atoms with Crippen molar-refractivity contribution in [2.75, 3.05) is 5.73 Å². The molecule has 0 bridgehead atoms. The third-order valence-corrected chi connectivity index (χ3v) is 1.58. The molecule has 0 atom stereocenters. The lowest BCUT2D eigenvalue weighted by atomic mass is 10.4. The van der Waals surface area contributed by atoms with Crippen LogP contribution in [-0.4, -0.2) is 14.5 Å². The zero-order valence-corrected chi connectivity index (χ0v) is 6.68. The summed E-state index contributed by atoms with van der Waals surface area (Å²) in [5, 5.41) is 0. The van der Waals surface area contributed by atoms with Crippen molar-refractivity contribution in [1.29, 1.82) is 0 Å². The summed E-state index contributed by atoms with van der Waals surface area (Å²) in [5.41, 5.74) is 5.41. The Balaban J connectivity index is 2.41. The highest BCUT2D eigenvalue weighted by Crippen LogP contribution is 2.06. The molecule has 2 heterocycles. The predicted octanol–water partition coefficient (Wildman–Crippen LogP) is 0.989. The molecule has 2 aromatic rings. The quantitative estimate of drug-likeness (QED) is 0.708. The van der Waals surface area contributed by atoms with Gasteiger partial charge in [0.2, 0.25) is 0 Å². The molecule has 0 unspecified atom stereocenters. The van der Waals surface area contributed by atoms with E-state index in [4.69, 9.17) is 5.73 Å². The molecule has 0 amide bonds. The molecule has 2 N–H and O–H groups in total. The maximum Gasteiger partial charge on any atom is 0.142 e. The minimum Gasteiger partial charge on any atom is -0.382 e. The second-order valence-electron chi connectivity index (χ2n) is 2.54. The molecule has 0 aromatic carbocycles. The molecule has 5 heteroatoms. The van der Waals surface area contributed by atoms with Gasteiger partial charge < -0.3 is 5.73 Å². The molecule has 0 saturated heterocycles. The van der Waals surface area contributed by atoms with Crippen LogP contribution in [0.3, 0.4) is 0 Å². The van der Waals surface area contributed by atoms with Crippen molar-refractivity contribution in [2.45, 2.75) is 0 Å². The van der Waals surface area contributed by atoms with Crippen LogP contribution in [0.4, 0.5) is 10.2 Å². The maximum atomic E-state index is 12.5. The van der Waals surface area contributed by atoms with Crippen molar-refractivity contribution in [3.8, 4) is 5.82 Å². The summed E-state index contributed by atoms with van der Waals surface area (Å²) in [6.45, 7) is 0. The molecule has 0 aliphatic heterocycles. The number of hydrogen-bond donors (Lipinski definition) is 1. The van der Waals surface area contributed by atoms with Crippen LogP contribution in [0.5, 0.6) is 0 Å². The molecular weight excluding hydrogens is 171 g/mol. The van der Waals surface area contributed by atoms with Gasteiger partial charge in [0, 0.05) is 0 Å². The van der Waals surface area contributed by atoms with E-state index < -0.39 is 0 Å². The molecule has 2 rings (SSSR count). The molecule has 2 aromatic heterocycles. The summed E-state index contributed by atoms with van der Waals surface area (Å²) < 4.78 is 14.1. The molecule has 0 spiro atoms. The van der Waals surface area contributed by atoms with Crippen molar-refractivity contribution in [3.63, 3.8) is 0 Å². The van der Waals surface area contributed by atoms with E-state index in [0.717, 1.165) is 6.20 Å². The number of nitrogens with zero attached hydrogens (tertiary/aromatic N) is 3. The Morgan fingerprint density at radius 1 is 1.31 bits per heavy atom. The second kappa shape index (κ2) is 2.85. The average molecular weight is 178 g/mol. The third kappa shape index (κ3) is 1.48. The molecule has 0 fully saturated rings. The van der Waals surface area contributed by atoms with E-state index in [9.17, 15) is 4.39 Å². The minimum absolute atomic E-state index is 0.364. The Labute approximate surface area is 73.9 Å². The first-order valence-corrected chi connectivity index (χ1v) is 3.67. The van der Waals surface area contributed by atoms with E-state index in [1.807, 2.05) is 0 Å². The van der Waals surface area contributed by atoms with Crippen LogP contribution in [0, 0.1) is 5.82 Å². The Kier molecular flexibility index (Phi) is 1.70. The number of anilines is 1. The average Bonchev–Trinajstić information content (AvgIpc) is 2.53. The van der Waals surface area contributed by atoms with E-state index >= 15 is 0 Å². The zero-order valence-electron chi connectivity index (χ0n) is 6.68. The van der Waals surface area contributed by atoms with E-state index in [1.54, 1.807) is 16.8 Å². The number of rotatable bonds is 1. The first-order valence-electron chi connectivity index (χ1n) is 3.67. The smallest absolute Gasteiger partial charge is 0.142 e. The standard InChI is InChI=1S/C8H7FN4/c9-6-1-2-8(11-3-6)13-4-7(10)12-5-13/h1-5H,10H2. The van der Waals surface area contributed by atoms with Crippen LogP contribution in [0.2, 0.25) is 0 Å². The number of nitrogen functional groups attached to an aromatic ring is 1. The number of aromatic nitrogens is 3. The Morgan fingerprint density at radius 2 is 2.15 bits per heavy atom. The van der Waals surface area contributed by atoms with Crippen LogP contribution < -0.4 is 5.73 Å². The summed E-state index contributed by atoms with van der Waals surface area (Å²) in [4.78, 5) is 7.68. The summed E-state index contributed by atoms with van der Waals surface area (Å²) in [6, 6.07) is 2.88. The molecule has 0 radical (unpaired) electrons. The molecule has 0 aliphatic carbocycles. The zero-order chi connectivity index (χ0) is 9.26. The number of halogens is 1. The number of hydrogen-bond acceptors (Lipinski definition) is 3. The van der Waals surface area contributed by atoms with Crippen LogP contribution in [0.15, 0.2) is 30.9 Å². The Bertz CT molecular complexity index is 406. The summed E-state index contributed by atoms with van der Waals surface area (Å²) in [6.07, 6.45) is 4.28. The highest BCUT2D eigenvalue weighted by molar-refractivity contribution is 5.30. The van der Waals surface area contributed by atoms with Crippen molar-refractivity contribution >= 4 is 5.82 Å². The monoisotopic (exact) mass is 178 g/mol.